The first-order valence-corrected chi connectivity index (χ1v) is 10.0. The molecule has 3 rings (SSSR count). The number of benzene rings is 2. The number of hydrogen-bond donors (Lipinski definition) is 1. The molecule has 2 N–H and O–H groups in total. The summed E-state index contributed by atoms with van der Waals surface area (Å²) in [6.07, 6.45) is 3.71. The molecule has 0 aliphatic carbocycles. The first kappa shape index (κ1) is 19.9. The summed E-state index contributed by atoms with van der Waals surface area (Å²) in [5, 5.41) is 0. The van der Waals surface area contributed by atoms with E-state index in [1.807, 2.05) is 55.5 Å². The number of para-hydroxylation sites is 2. The van der Waals surface area contributed by atoms with Gasteiger partial charge in [0.25, 0.3) is 0 Å². The molecule has 2 aromatic carbocycles. The molecule has 2 aromatic rings. The van der Waals surface area contributed by atoms with E-state index in [-0.39, 0.29) is 11.9 Å². The van der Waals surface area contributed by atoms with Crippen molar-refractivity contribution in [2.24, 2.45) is 11.7 Å². The van der Waals surface area contributed by atoms with Crippen molar-refractivity contribution in [1.29, 1.82) is 0 Å². The molecular formula is C23H28N2O3. The second-order valence-electron chi connectivity index (χ2n) is 7.24. The molecule has 2 amide bonds. The zero-order valence-electron chi connectivity index (χ0n) is 16.6. The van der Waals surface area contributed by atoms with Crippen molar-refractivity contribution >= 4 is 23.4 Å². The molecule has 0 spiro atoms. The lowest BCUT2D eigenvalue weighted by Gasteiger charge is -2.24. The molecule has 148 valence electrons. The molecule has 0 fully saturated rings. The van der Waals surface area contributed by atoms with Crippen molar-refractivity contribution < 1.29 is 14.3 Å². The van der Waals surface area contributed by atoms with Gasteiger partial charge in [0.15, 0.2) is 0 Å². The zero-order valence-corrected chi connectivity index (χ0v) is 16.6. The monoisotopic (exact) mass is 380 g/mol. The standard InChI is InChI=1S/C23H28N2O3/c1-3-5-10-16(4-2)22(26)28-21-15-17-11-6-8-13-19(17)25(23(24)27)20-14-9-7-12-18(20)21/h6-9,11-14,16,21H,3-5,10,15H2,1-2H3,(H2,24,27)/t16?,21-/m0/s1. The van der Waals surface area contributed by atoms with Crippen molar-refractivity contribution in [3.8, 4) is 0 Å². The second kappa shape index (κ2) is 8.91. The molecule has 5 heteroatoms. The molecule has 0 saturated heterocycles. The van der Waals surface area contributed by atoms with Gasteiger partial charge in [-0.15, -0.1) is 0 Å². The van der Waals surface area contributed by atoms with E-state index < -0.39 is 12.1 Å². The van der Waals surface area contributed by atoms with Crippen LogP contribution in [0.3, 0.4) is 0 Å². The van der Waals surface area contributed by atoms with Crippen LogP contribution in [-0.4, -0.2) is 12.0 Å². The Hall–Kier alpha value is -2.82. The third-order valence-corrected chi connectivity index (χ3v) is 5.37. The number of carbonyl (C=O) groups excluding carboxylic acids is 2. The highest BCUT2D eigenvalue weighted by atomic mass is 16.5. The van der Waals surface area contributed by atoms with Gasteiger partial charge in [-0.3, -0.25) is 9.69 Å². The highest BCUT2D eigenvalue weighted by molar-refractivity contribution is 6.00. The summed E-state index contributed by atoms with van der Waals surface area (Å²) >= 11 is 0. The fourth-order valence-electron chi connectivity index (χ4n) is 3.82. The van der Waals surface area contributed by atoms with Gasteiger partial charge in [-0.2, -0.15) is 0 Å². The lowest BCUT2D eigenvalue weighted by atomic mass is 9.98. The predicted octanol–water partition coefficient (Wildman–Crippen LogP) is 5.26. The minimum atomic E-state index is -0.554. The lowest BCUT2D eigenvalue weighted by molar-refractivity contribution is -0.154. The van der Waals surface area contributed by atoms with Crippen molar-refractivity contribution in [2.75, 3.05) is 4.90 Å². The van der Waals surface area contributed by atoms with Crippen LogP contribution in [0.25, 0.3) is 0 Å². The molecule has 0 aromatic heterocycles. The number of esters is 1. The van der Waals surface area contributed by atoms with Crippen LogP contribution in [0, 0.1) is 5.92 Å². The summed E-state index contributed by atoms with van der Waals surface area (Å²) in [4.78, 5) is 26.7. The minimum Gasteiger partial charge on any atom is -0.457 e. The average molecular weight is 380 g/mol. The maximum Gasteiger partial charge on any atom is 0.323 e. The Labute approximate surface area is 166 Å². The summed E-state index contributed by atoms with van der Waals surface area (Å²) in [6.45, 7) is 4.14. The van der Waals surface area contributed by atoms with Gasteiger partial charge in [0.05, 0.1) is 17.3 Å². The topological polar surface area (TPSA) is 72.6 Å². The minimum absolute atomic E-state index is 0.0992. The van der Waals surface area contributed by atoms with Gasteiger partial charge in [-0.25, -0.2) is 4.79 Å². The molecule has 2 atom stereocenters. The maximum absolute atomic E-state index is 12.9. The molecule has 0 radical (unpaired) electrons. The third-order valence-electron chi connectivity index (χ3n) is 5.37. The van der Waals surface area contributed by atoms with E-state index in [4.69, 9.17) is 10.5 Å². The average Bonchev–Trinajstić information content (AvgIpc) is 2.83. The van der Waals surface area contributed by atoms with E-state index >= 15 is 0 Å². The van der Waals surface area contributed by atoms with Crippen LogP contribution in [0.4, 0.5) is 16.2 Å². The first-order valence-electron chi connectivity index (χ1n) is 10.0. The van der Waals surface area contributed by atoms with Crippen LogP contribution < -0.4 is 10.6 Å². The van der Waals surface area contributed by atoms with E-state index in [0.29, 0.717) is 12.1 Å². The Morgan fingerprint density at radius 2 is 1.79 bits per heavy atom. The van der Waals surface area contributed by atoms with Crippen LogP contribution in [0.15, 0.2) is 48.5 Å². The van der Waals surface area contributed by atoms with Gasteiger partial charge < -0.3 is 10.5 Å². The highest BCUT2D eigenvalue weighted by Crippen LogP contribution is 2.41. The molecular weight excluding hydrogens is 352 g/mol. The number of anilines is 2. The first-order chi connectivity index (χ1) is 13.6. The molecule has 1 aliphatic rings. The van der Waals surface area contributed by atoms with Gasteiger partial charge >= 0.3 is 12.0 Å². The number of hydrogen-bond acceptors (Lipinski definition) is 3. The third kappa shape index (κ3) is 4.03. The van der Waals surface area contributed by atoms with Crippen LogP contribution >= 0.6 is 0 Å². The number of primary amides is 1. The molecule has 28 heavy (non-hydrogen) atoms. The van der Waals surface area contributed by atoms with E-state index in [1.54, 1.807) is 0 Å². The normalized spacial score (nSPS) is 16.5. The highest BCUT2D eigenvalue weighted by Gasteiger charge is 2.32. The predicted molar refractivity (Wildman–Crippen MR) is 110 cm³/mol. The number of ether oxygens (including phenoxy) is 1. The summed E-state index contributed by atoms with van der Waals surface area (Å²) in [6, 6.07) is 14.6. The summed E-state index contributed by atoms with van der Waals surface area (Å²) in [5.41, 5.74) is 8.85. The van der Waals surface area contributed by atoms with Crippen LogP contribution in [-0.2, 0) is 16.0 Å². The van der Waals surface area contributed by atoms with Gasteiger partial charge in [0.2, 0.25) is 0 Å². The molecule has 0 saturated carbocycles. The van der Waals surface area contributed by atoms with Gasteiger partial charge in [-0.05, 0) is 30.5 Å². The molecule has 0 bridgehead atoms. The molecule has 1 aliphatic heterocycles. The van der Waals surface area contributed by atoms with E-state index in [1.165, 1.54) is 4.90 Å². The number of carbonyl (C=O) groups is 2. The Kier molecular flexibility index (Phi) is 6.34. The Balaban J connectivity index is 1.99. The van der Waals surface area contributed by atoms with Gasteiger partial charge in [0.1, 0.15) is 6.10 Å². The summed E-state index contributed by atoms with van der Waals surface area (Å²) in [7, 11) is 0. The maximum atomic E-state index is 12.9. The van der Waals surface area contributed by atoms with Crippen molar-refractivity contribution in [3.05, 3.63) is 59.7 Å². The zero-order chi connectivity index (χ0) is 20.1. The SMILES string of the molecule is CCCCC(CC)C(=O)O[C@H]1Cc2ccccc2N(C(N)=O)c2ccccc21. The Morgan fingerprint density at radius 3 is 2.46 bits per heavy atom. The Morgan fingerprint density at radius 1 is 1.11 bits per heavy atom. The van der Waals surface area contributed by atoms with Crippen LogP contribution in [0.2, 0.25) is 0 Å². The smallest absolute Gasteiger partial charge is 0.323 e. The summed E-state index contributed by atoms with van der Waals surface area (Å²) in [5.74, 6) is -0.265. The van der Waals surface area contributed by atoms with Gasteiger partial charge in [0, 0.05) is 12.0 Å². The van der Waals surface area contributed by atoms with Gasteiger partial charge in [-0.1, -0.05) is 63.1 Å². The Bertz CT molecular complexity index is 849. The fourth-order valence-corrected chi connectivity index (χ4v) is 3.82. The van der Waals surface area contributed by atoms with Crippen molar-refractivity contribution in [1.82, 2.24) is 0 Å². The van der Waals surface area contributed by atoms with Crippen LogP contribution in [0.5, 0.6) is 0 Å². The van der Waals surface area contributed by atoms with E-state index in [0.717, 1.165) is 42.5 Å². The summed E-state index contributed by atoms with van der Waals surface area (Å²) < 4.78 is 6.02. The van der Waals surface area contributed by atoms with Crippen molar-refractivity contribution in [2.45, 2.75) is 52.1 Å². The number of urea groups is 1. The number of nitrogens with two attached hydrogens (primary N) is 1. The number of nitrogens with zero attached hydrogens (tertiary/aromatic N) is 1. The molecule has 1 unspecified atom stereocenters. The number of unbranched alkanes of at least 4 members (excludes halogenated alkanes) is 1. The largest absolute Gasteiger partial charge is 0.457 e. The number of fused-ring (bicyclic) bond motifs is 2. The number of amides is 2. The van der Waals surface area contributed by atoms with E-state index in [9.17, 15) is 9.59 Å². The van der Waals surface area contributed by atoms with Crippen LogP contribution in [0.1, 0.15) is 56.8 Å². The molecule has 1 heterocycles. The van der Waals surface area contributed by atoms with E-state index in [2.05, 4.69) is 6.92 Å². The fraction of sp³-hybridized carbons (Fsp3) is 0.391. The lowest BCUT2D eigenvalue weighted by Crippen LogP contribution is -2.32. The number of rotatable bonds is 6. The quantitative estimate of drug-likeness (QED) is 0.695. The second-order valence-corrected chi connectivity index (χ2v) is 7.24. The van der Waals surface area contributed by atoms with Crippen molar-refractivity contribution in [3.63, 3.8) is 0 Å². The molecule has 5 nitrogen and oxygen atoms in total.